The molecular weight excluding hydrogens is 164 g/mol. The quantitative estimate of drug-likeness (QED) is 0.396. The average Bonchev–Trinajstić information content (AvgIpc) is 1.86. The highest BCUT2D eigenvalue weighted by molar-refractivity contribution is 6.63. The van der Waals surface area contributed by atoms with Crippen LogP contribution in [0.15, 0.2) is 12.7 Å². The van der Waals surface area contributed by atoms with Crippen molar-refractivity contribution in [2.45, 2.75) is 18.9 Å². The first-order valence-electron chi connectivity index (χ1n) is 3.26. The van der Waals surface area contributed by atoms with E-state index in [4.69, 9.17) is 14.4 Å². The highest BCUT2D eigenvalue weighted by Crippen LogP contribution is 2.19. The van der Waals surface area contributed by atoms with Crippen LogP contribution in [0.5, 0.6) is 0 Å². The van der Waals surface area contributed by atoms with Crippen LogP contribution in [0.1, 0.15) is 13.3 Å². The number of allylic oxidation sites excluding steroid dienone is 1. The molecule has 0 aliphatic heterocycles. The van der Waals surface area contributed by atoms with E-state index in [2.05, 4.69) is 6.58 Å². The zero-order valence-electron chi connectivity index (χ0n) is 6.32. The first kappa shape index (κ1) is 10.5. The minimum Gasteiger partial charge on any atom is -0.389 e. The molecule has 0 heterocycles. The molecule has 0 aromatic carbocycles. The molecule has 0 aromatic heterocycles. The second kappa shape index (κ2) is 3.77. The van der Waals surface area contributed by atoms with Crippen LogP contribution >= 0.6 is 0 Å². The summed E-state index contributed by atoms with van der Waals surface area (Å²) in [6.07, 6.45) is 1.19. The van der Waals surface area contributed by atoms with E-state index in [1.54, 1.807) is 6.92 Å². The fourth-order valence-corrected chi connectivity index (χ4v) is 1.86. The Morgan fingerprint density at radius 3 is 2.18 bits per heavy atom. The van der Waals surface area contributed by atoms with Crippen LogP contribution in [0.25, 0.3) is 0 Å². The molecule has 0 bridgehead atoms. The number of rotatable bonds is 4. The molecule has 0 saturated carbocycles. The van der Waals surface area contributed by atoms with E-state index in [1.165, 1.54) is 0 Å². The van der Waals surface area contributed by atoms with Crippen LogP contribution in [0.2, 0.25) is 5.54 Å². The van der Waals surface area contributed by atoms with Gasteiger partial charge >= 0.3 is 8.80 Å². The standard InChI is InChI=1S/C6H12O4Si/c1-3-5(7)6(4-2)11(8,9)10/h3,6,8-10H,1,4H2,2H3. The van der Waals surface area contributed by atoms with E-state index in [-0.39, 0.29) is 6.42 Å². The Kier molecular flexibility index (Phi) is 3.60. The summed E-state index contributed by atoms with van der Waals surface area (Å²) in [4.78, 5) is 37.1. The average molecular weight is 176 g/mol. The summed E-state index contributed by atoms with van der Waals surface area (Å²) >= 11 is 0. The summed E-state index contributed by atoms with van der Waals surface area (Å²) in [7, 11) is -4.29. The van der Waals surface area contributed by atoms with Crippen molar-refractivity contribution in [1.29, 1.82) is 0 Å². The smallest absolute Gasteiger partial charge is 0.389 e. The third kappa shape index (κ3) is 2.94. The minimum absolute atomic E-state index is 0.209. The normalized spacial score (nSPS) is 14.2. The zero-order chi connectivity index (χ0) is 9.07. The van der Waals surface area contributed by atoms with Crippen LogP contribution in [-0.2, 0) is 4.79 Å². The van der Waals surface area contributed by atoms with Gasteiger partial charge in [-0.25, -0.2) is 0 Å². The SMILES string of the molecule is C=CC(=O)C(CC)[Si](O)(O)O. The van der Waals surface area contributed by atoms with E-state index in [1.807, 2.05) is 0 Å². The van der Waals surface area contributed by atoms with Crippen LogP contribution in [-0.4, -0.2) is 29.0 Å². The number of hydrogen-bond donors (Lipinski definition) is 3. The minimum atomic E-state index is -4.29. The molecule has 3 N–H and O–H groups in total. The van der Waals surface area contributed by atoms with Gasteiger partial charge < -0.3 is 14.4 Å². The highest BCUT2D eigenvalue weighted by atomic mass is 28.4. The Morgan fingerprint density at radius 2 is 2.09 bits per heavy atom. The molecule has 0 radical (unpaired) electrons. The van der Waals surface area contributed by atoms with Crippen molar-refractivity contribution in [2.24, 2.45) is 0 Å². The maximum atomic E-state index is 10.8. The second-order valence-corrected chi connectivity index (χ2v) is 4.33. The summed E-state index contributed by atoms with van der Waals surface area (Å²) in [5.41, 5.74) is -1.07. The van der Waals surface area contributed by atoms with E-state index >= 15 is 0 Å². The van der Waals surface area contributed by atoms with Gasteiger partial charge in [0.05, 0.1) is 5.54 Å². The highest BCUT2D eigenvalue weighted by Gasteiger charge is 2.41. The lowest BCUT2D eigenvalue weighted by atomic mass is 10.2. The summed E-state index contributed by atoms with van der Waals surface area (Å²) in [5, 5.41) is 0. The van der Waals surface area contributed by atoms with Crippen molar-refractivity contribution in [3.8, 4) is 0 Å². The monoisotopic (exact) mass is 176 g/mol. The molecule has 64 valence electrons. The number of carbonyl (C=O) groups is 1. The molecule has 0 fully saturated rings. The molecule has 0 rings (SSSR count). The van der Waals surface area contributed by atoms with Gasteiger partial charge in [-0.15, -0.1) is 0 Å². The lowest BCUT2D eigenvalue weighted by Crippen LogP contribution is -2.43. The van der Waals surface area contributed by atoms with Crippen molar-refractivity contribution in [3.63, 3.8) is 0 Å². The lowest BCUT2D eigenvalue weighted by Gasteiger charge is -2.17. The summed E-state index contributed by atoms with van der Waals surface area (Å²) in [6, 6.07) is 0. The predicted molar refractivity (Wildman–Crippen MR) is 41.7 cm³/mol. The maximum Gasteiger partial charge on any atom is 0.504 e. The fraction of sp³-hybridized carbons (Fsp3) is 0.500. The van der Waals surface area contributed by atoms with Crippen LogP contribution < -0.4 is 0 Å². The van der Waals surface area contributed by atoms with Gasteiger partial charge in [-0.3, -0.25) is 4.79 Å². The molecule has 0 aliphatic carbocycles. The fourth-order valence-electron chi connectivity index (χ4n) is 0.808. The van der Waals surface area contributed by atoms with Gasteiger partial charge in [0.15, 0.2) is 5.78 Å². The first-order chi connectivity index (χ1) is 4.93. The summed E-state index contributed by atoms with van der Waals surface area (Å²) in [5.74, 6) is -0.522. The number of hydrogen-bond acceptors (Lipinski definition) is 4. The van der Waals surface area contributed by atoms with E-state index in [0.29, 0.717) is 0 Å². The Morgan fingerprint density at radius 1 is 1.64 bits per heavy atom. The van der Waals surface area contributed by atoms with E-state index in [0.717, 1.165) is 6.08 Å². The molecule has 0 aromatic rings. The van der Waals surface area contributed by atoms with Crippen molar-refractivity contribution in [3.05, 3.63) is 12.7 Å². The van der Waals surface area contributed by atoms with Gasteiger partial charge in [0, 0.05) is 0 Å². The molecule has 0 amide bonds. The maximum absolute atomic E-state index is 10.8. The van der Waals surface area contributed by atoms with Gasteiger partial charge in [0.2, 0.25) is 0 Å². The van der Waals surface area contributed by atoms with Crippen molar-refractivity contribution < 1.29 is 19.2 Å². The predicted octanol–water partition coefficient (Wildman–Crippen LogP) is -0.562. The lowest BCUT2D eigenvalue weighted by molar-refractivity contribution is -0.115. The second-order valence-electron chi connectivity index (χ2n) is 2.25. The third-order valence-corrected chi connectivity index (χ3v) is 3.05. The largest absolute Gasteiger partial charge is 0.504 e. The molecule has 1 atom stereocenters. The molecule has 4 nitrogen and oxygen atoms in total. The summed E-state index contributed by atoms with van der Waals surface area (Å²) < 4.78 is 0. The molecular formula is C6H12O4Si. The third-order valence-electron chi connectivity index (χ3n) is 1.42. The summed E-state index contributed by atoms with van der Waals surface area (Å²) in [6.45, 7) is 4.78. The molecule has 0 spiro atoms. The molecule has 0 aliphatic rings. The molecule has 11 heavy (non-hydrogen) atoms. The Labute approximate surface area is 66.2 Å². The zero-order valence-corrected chi connectivity index (χ0v) is 7.32. The molecule has 0 saturated heterocycles. The molecule has 1 unspecified atom stereocenters. The van der Waals surface area contributed by atoms with Gasteiger partial charge in [-0.05, 0) is 12.5 Å². The van der Waals surface area contributed by atoms with E-state index in [9.17, 15) is 4.79 Å². The van der Waals surface area contributed by atoms with Crippen molar-refractivity contribution >= 4 is 14.6 Å². The van der Waals surface area contributed by atoms with Crippen LogP contribution in [0, 0.1) is 0 Å². The van der Waals surface area contributed by atoms with Gasteiger partial charge in [-0.1, -0.05) is 13.5 Å². The van der Waals surface area contributed by atoms with E-state index < -0.39 is 20.1 Å². The Bertz CT molecular complexity index is 160. The number of ketones is 1. The molecule has 5 heteroatoms. The van der Waals surface area contributed by atoms with Gasteiger partial charge in [0.1, 0.15) is 0 Å². The number of carbonyl (C=O) groups excluding carboxylic acids is 1. The Balaban J connectivity index is 4.41. The van der Waals surface area contributed by atoms with Gasteiger partial charge in [0.25, 0.3) is 0 Å². The van der Waals surface area contributed by atoms with Crippen LogP contribution in [0.4, 0.5) is 0 Å². The topological polar surface area (TPSA) is 77.8 Å². The van der Waals surface area contributed by atoms with Crippen LogP contribution in [0.3, 0.4) is 0 Å². The Hall–Kier alpha value is -0.493. The van der Waals surface area contributed by atoms with Crippen molar-refractivity contribution in [2.75, 3.05) is 0 Å². The van der Waals surface area contributed by atoms with Crippen molar-refractivity contribution in [1.82, 2.24) is 0 Å². The first-order valence-corrected chi connectivity index (χ1v) is 5.18. The van der Waals surface area contributed by atoms with Gasteiger partial charge in [-0.2, -0.15) is 0 Å².